The summed E-state index contributed by atoms with van der Waals surface area (Å²) in [5.74, 6) is 0. The molecule has 3 heterocycles. The summed E-state index contributed by atoms with van der Waals surface area (Å²) in [6.07, 6.45) is 2.30. The maximum Gasteiger partial charge on any atom is 0.145 e. The molecule has 48 heavy (non-hydrogen) atoms. The quantitative estimate of drug-likeness (QED) is 0.190. The van der Waals surface area contributed by atoms with Gasteiger partial charge in [-0.3, -0.25) is 4.40 Å². The van der Waals surface area contributed by atoms with Crippen molar-refractivity contribution in [1.82, 2.24) is 9.38 Å². The van der Waals surface area contributed by atoms with Crippen LogP contribution in [0.2, 0.25) is 0 Å². The minimum atomic E-state index is 0.975. The van der Waals surface area contributed by atoms with Gasteiger partial charge in [0.1, 0.15) is 5.65 Å². The Kier molecular flexibility index (Phi) is 6.08. The number of rotatable bonds is 4. The number of nitrogens with zero attached hydrogens (tertiary/aromatic N) is 2. The lowest BCUT2D eigenvalue weighted by Crippen LogP contribution is -1.92. The monoisotopic (exact) mass is 628 g/mol. The average molecular weight is 629 g/mol. The number of thiophene rings is 1. The van der Waals surface area contributed by atoms with Crippen molar-refractivity contribution in [3.63, 3.8) is 0 Å². The molecular weight excluding hydrogens is 601 g/mol. The van der Waals surface area contributed by atoms with Crippen LogP contribution in [-0.2, 0) is 0 Å². The van der Waals surface area contributed by atoms with Crippen LogP contribution in [0.25, 0.3) is 92.1 Å². The number of aromatic nitrogens is 2. The Balaban J connectivity index is 1.21. The molecule has 0 saturated heterocycles. The van der Waals surface area contributed by atoms with Gasteiger partial charge in [0.15, 0.2) is 0 Å². The van der Waals surface area contributed by atoms with Gasteiger partial charge in [0.05, 0.1) is 11.0 Å². The summed E-state index contributed by atoms with van der Waals surface area (Å²) in [7, 11) is 0. The molecule has 0 aliphatic rings. The number of hydrogen-bond acceptors (Lipinski definition) is 2. The molecule has 10 aromatic rings. The van der Waals surface area contributed by atoms with E-state index < -0.39 is 0 Å². The van der Waals surface area contributed by atoms with Crippen LogP contribution in [0, 0.1) is 0 Å². The molecule has 0 saturated carbocycles. The first-order valence-electron chi connectivity index (χ1n) is 16.3. The highest BCUT2D eigenvalue weighted by atomic mass is 32.1. The number of pyridine rings is 1. The van der Waals surface area contributed by atoms with E-state index in [9.17, 15) is 0 Å². The van der Waals surface area contributed by atoms with Gasteiger partial charge in [0, 0.05) is 37.3 Å². The van der Waals surface area contributed by atoms with Crippen LogP contribution in [0.15, 0.2) is 170 Å². The van der Waals surface area contributed by atoms with Gasteiger partial charge in [0.25, 0.3) is 0 Å². The van der Waals surface area contributed by atoms with Crippen molar-refractivity contribution < 1.29 is 0 Å². The van der Waals surface area contributed by atoms with Gasteiger partial charge >= 0.3 is 0 Å². The molecule has 0 atom stereocenters. The summed E-state index contributed by atoms with van der Waals surface area (Å²) in [6.45, 7) is 0. The fourth-order valence-electron chi connectivity index (χ4n) is 7.22. The molecule has 3 aromatic heterocycles. The fourth-order valence-corrected chi connectivity index (χ4v) is 8.30. The Hall–Kier alpha value is -6.03. The zero-order valence-corrected chi connectivity index (χ0v) is 26.8. The summed E-state index contributed by atoms with van der Waals surface area (Å²) >= 11 is 1.86. The van der Waals surface area contributed by atoms with E-state index in [1.54, 1.807) is 0 Å². The molecule has 10 rings (SSSR count). The second-order valence-corrected chi connectivity index (χ2v) is 13.5. The van der Waals surface area contributed by atoms with E-state index in [1.165, 1.54) is 70.1 Å². The fraction of sp³-hybridized carbons (Fsp3) is 0. The molecule has 2 nitrogen and oxygen atoms in total. The van der Waals surface area contributed by atoms with Crippen molar-refractivity contribution in [2.75, 3.05) is 0 Å². The van der Waals surface area contributed by atoms with E-state index in [0.717, 1.165) is 22.1 Å². The molecule has 0 fully saturated rings. The zero-order valence-electron chi connectivity index (χ0n) is 26.0. The normalized spacial score (nSPS) is 11.8. The van der Waals surface area contributed by atoms with Gasteiger partial charge in [-0.05, 0) is 92.9 Å². The van der Waals surface area contributed by atoms with Gasteiger partial charge in [-0.25, -0.2) is 4.98 Å². The lowest BCUT2D eigenvalue weighted by atomic mass is 9.92. The smallest absolute Gasteiger partial charge is 0.145 e. The first-order chi connectivity index (χ1) is 23.8. The highest BCUT2D eigenvalue weighted by molar-refractivity contribution is 7.25. The molecule has 224 valence electrons. The Labute approximate surface area is 281 Å². The molecule has 0 unspecified atom stereocenters. The third-order valence-electron chi connectivity index (χ3n) is 9.57. The van der Waals surface area contributed by atoms with Crippen LogP contribution in [0.3, 0.4) is 0 Å². The summed E-state index contributed by atoms with van der Waals surface area (Å²) < 4.78 is 4.94. The van der Waals surface area contributed by atoms with Gasteiger partial charge in [-0.2, -0.15) is 0 Å². The largest absolute Gasteiger partial charge is 0.298 e. The lowest BCUT2D eigenvalue weighted by molar-refractivity contribution is 1.25. The minimum absolute atomic E-state index is 0.975. The predicted octanol–water partition coefficient (Wildman–Crippen LogP) is 12.7. The van der Waals surface area contributed by atoms with Crippen molar-refractivity contribution >= 4 is 59.0 Å². The van der Waals surface area contributed by atoms with Crippen LogP contribution in [0.1, 0.15) is 0 Å². The third kappa shape index (κ3) is 4.36. The van der Waals surface area contributed by atoms with Gasteiger partial charge in [0.2, 0.25) is 0 Å². The van der Waals surface area contributed by atoms with Crippen molar-refractivity contribution in [3.8, 4) is 44.5 Å². The molecule has 3 heteroatoms. The lowest BCUT2D eigenvalue weighted by Gasteiger charge is -2.14. The van der Waals surface area contributed by atoms with E-state index in [1.807, 2.05) is 11.3 Å². The highest BCUT2D eigenvalue weighted by Crippen LogP contribution is 2.40. The van der Waals surface area contributed by atoms with Crippen LogP contribution in [0.4, 0.5) is 0 Å². The van der Waals surface area contributed by atoms with Crippen LogP contribution in [0.5, 0.6) is 0 Å². The van der Waals surface area contributed by atoms with E-state index in [4.69, 9.17) is 4.98 Å². The van der Waals surface area contributed by atoms with Crippen LogP contribution < -0.4 is 0 Å². The van der Waals surface area contributed by atoms with E-state index in [0.29, 0.717) is 0 Å². The molecule has 0 aliphatic carbocycles. The number of imidazole rings is 1. The molecule has 0 aliphatic heterocycles. The first-order valence-corrected chi connectivity index (χ1v) is 17.1. The predicted molar refractivity (Wildman–Crippen MR) is 205 cm³/mol. The standard InChI is InChI=1S/C45H28N2S/c1-3-11-29(12-4-1)33-23-34(30-13-5-2-6-14-30)25-35(24-33)40-28-47-42-27-32(19-21-41(42)46-45(47)38-17-8-7-15-36(38)40)31-20-22-44-39(26-31)37-16-9-10-18-43(37)48-44/h1-28H. The molecule has 0 N–H and O–H groups in total. The molecule has 0 spiro atoms. The van der Waals surface area contributed by atoms with E-state index in [2.05, 4.69) is 174 Å². The summed E-state index contributed by atoms with van der Waals surface area (Å²) in [4.78, 5) is 5.19. The Morgan fingerprint density at radius 3 is 1.73 bits per heavy atom. The molecule has 0 bridgehead atoms. The van der Waals surface area contributed by atoms with Crippen molar-refractivity contribution in [2.24, 2.45) is 0 Å². The maximum atomic E-state index is 5.19. The molecular formula is C45H28N2S. The van der Waals surface area contributed by atoms with Gasteiger partial charge in [-0.15, -0.1) is 11.3 Å². The molecule has 0 radical (unpaired) electrons. The highest BCUT2D eigenvalue weighted by Gasteiger charge is 2.16. The van der Waals surface area contributed by atoms with Gasteiger partial charge < -0.3 is 0 Å². The Morgan fingerprint density at radius 1 is 0.396 bits per heavy atom. The van der Waals surface area contributed by atoms with E-state index in [-0.39, 0.29) is 0 Å². The average Bonchev–Trinajstić information content (AvgIpc) is 3.73. The zero-order chi connectivity index (χ0) is 31.6. The van der Waals surface area contributed by atoms with Crippen molar-refractivity contribution in [1.29, 1.82) is 0 Å². The molecule has 7 aromatic carbocycles. The van der Waals surface area contributed by atoms with Gasteiger partial charge in [-0.1, -0.05) is 115 Å². The third-order valence-corrected chi connectivity index (χ3v) is 10.7. The number of fused-ring (bicyclic) bond motifs is 8. The van der Waals surface area contributed by atoms with Crippen molar-refractivity contribution in [2.45, 2.75) is 0 Å². The maximum absolute atomic E-state index is 5.19. The second-order valence-electron chi connectivity index (χ2n) is 12.4. The summed E-state index contributed by atoms with van der Waals surface area (Å²) in [5, 5.41) is 4.97. The van der Waals surface area contributed by atoms with Crippen LogP contribution >= 0.6 is 11.3 Å². The van der Waals surface area contributed by atoms with Crippen LogP contribution in [-0.4, -0.2) is 9.38 Å². The minimum Gasteiger partial charge on any atom is -0.298 e. The Morgan fingerprint density at radius 2 is 0.979 bits per heavy atom. The topological polar surface area (TPSA) is 17.3 Å². The van der Waals surface area contributed by atoms with Crippen molar-refractivity contribution in [3.05, 3.63) is 170 Å². The summed E-state index contributed by atoms with van der Waals surface area (Å²) in [6, 6.07) is 59.3. The SMILES string of the molecule is c1ccc(-c2cc(-c3ccccc3)cc(-c3cn4c5cc(-c6ccc7sc8ccccc8c7c6)ccc5nc4c4ccccc34)c2)cc1. The van der Waals surface area contributed by atoms with E-state index >= 15 is 0 Å². The Bertz CT molecular complexity index is 2770. The number of hydrogen-bond donors (Lipinski definition) is 0. The molecule has 0 amide bonds. The second kappa shape index (κ2) is 10.8. The summed E-state index contributed by atoms with van der Waals surface area (Å²) in [5.41, 5.74) is 12.6. The number of benzene rings is 7. The first kappa shape index (κ1) is 27.1.